The molecule has 1 heterocycles. The first kappa shape index (κ1) is 13.7. The number of benzene rings is 1. The first-order valence-corrected chi connectivity index (χ1v) is 6.35. The van der Waals surface area contributed by atoms with Crippen molar-refractivity contribution in [2.45, 2.75) is 32.2 Å². The molecule has 6 heteroatoms. The Labute approximate surface area is 111 Å². The van der Waals surface area contributed by atoms with Crippen LogP contribution in [0.15, 0.2) is 12.1 Å². The highest BCUT2D eigenvalue weighted by atomic mass is 19.1. The molecule has 104 valence electrons. The third-order valence-corrected chi connectivity index (χ3v) is 3.62. The van der Waals surface area contributed by atoms with Crippen molar-refractivity contribution in [3.63, 3.8) is 0 Å². The zero-order chi connectivity index (χ0) is 14.0. The number of halogens is 1. The van der Waals surface area contributed by atoms with E-state index in [0.717, 1.165) is 32.0 Å². The fraction of sp³-hybridized carbons (Fsp3) is 0.538. The minimum Gasteiger partial charge on any atom is -0.374 e. The second-order valence-corrected chi connectivity index (χ2v) is 5.31. The summed E-state index contributed by atoms with van der Waals surface area (Å²) in [6.45, 7) is 5.39. The Hall–Kier alpha value is -1.69. The van der Waals surface area contributed by atoms with Gasteiger partial charge in [0, 0.05) is 5.54 Å². The summed E-state index contributed by atoms with van der Waals surface area (Å²) in [4.78, 5) is 10.5. The van der Waals surface area contributed by atoms with Crippen molar-refractivity contribution in [1.29, 1.82) is 0 Å². The summed E-state index contributed by atoms with van der Waals surface area (Å²) in [5.41, 5.74) is 0.405. The first-order chi connectivity index (χ1) is 8.91. The molecule has 0 atom stereocenters. The number of aryl methyl sites for hydroxylation is 1. The molecule has 5 nitrogen and oxygen atoms in total. The molecule has 2 N–H and O–H groups in total. The minimum atomic E-state index is -0.548. The molecular weight excluding hydrogens is 249 g/mol. The van der Waals surface area contributed by atoms with E-state index in [1.54, 1.807) is 6.92 Å². The highest BCUT2D eigenvalue weighted by Crippen LogP contribution is 2.32. The van der Waals surface area contributed by atoms with Crippen molar-refractivity contribution < 1.29 is 9.31 Å². The van der Waals surface area contributed by atoms with Crippen molar-refractivity contribution in [3.8, 4) is 0 Å². The molecule has 0 saturated carbocycles. The zero-order valence-corrected chi connectivity index (χ0v) is 11.1. The zero-order valence-electron chi connectivity index (χ0n) is 11.1. The highest BCUT2D eigenvalue weighted by molar-refractivity contribution is 5.64. The van der Waals surface area contributed by atoms with E-state index in [4.69, 9.17) is 0 Å². The van der Waals surface area contributed by atoms with Crippen molar-refractivity contribution in [3.05, 3.63) is 33.6 Å². The first-order valence-electron chi connectivity index (χ1n) is 6.35. The van der Waals surface area contributed by atoms with Gasteiger partial charge < -0.3 is 10.6 Å². The van der Waals surface area contributed by atoms with Crippen LogP contribution in [0.2, 0.25) is 0 Å². The molecule has 19 heavy (non-hydrogen) atoms. The van der Waals surface area contributed by atoms with Gasteiger partial charge in [0.15, 0.2) is 0 Å². The van der Waals surface area contributed by atoms with E-state index in [1.807, 2.05) is 6.92 Å². The van der Waals surface area contributed by atoms with Crippen molar-refractivity contribution in [2.24, 2.45) is 0 Å². The lowest BCUT2D eigenvalue weighted by Gasteiger charge is -2.35. The molecule has 0 radical (unpaired) electrons. The lowest BCUT2D eigenvalue weighted by Crippen LogP contribution is -2.45. The van der Waals surface area contributed by atoms with Gasteiger partial charge in [0.1, 0.15) is 11.5 Å². The Morgan fingerprint density at radius 1 is 1.42 bits per heavy atom. The maximum Gasteiger partial charge on any atom is 0.295 e. The molecule has 1 aromatic carbocycles. The Kier molecular flexibility index (Phi) is 3.71. The summed E-state index contributed by atoms with van der Waals surface area (Å²) >= 11 is 0. The third kappa shape index (κ3) is 3.01. The second kappa shape index (κ2) is 5.13. The lowest BCUT2D eigenvalue weighted by atomic mass is 9.90. The number of nitro groups is 1. The molecule has 0 aromatic heterocycles. The summed E-state index contributed by atoms with van der Waals surface area (Å²) in [6, 6.07) is 2.50. The van der Waals surface area contributed by atoms with Crippen LogP contribution in [0.25, 0.3) is 0 Å². The largest absolute Gasteiger partial charge is 0.374 e. The molecule has 0 amide bonds. The lowest BCUT2D eigenvalue weighted by molar-refractivity contribution is -0.384. The van der Waals surface area contributed by atoms with Crippen LogP contribution in [0.1, 0.15) is 25.3 Å². The normalized spacial score (nSPS) is 18.1. The van der Waals surface area contributed by atoms with Gasteiger partial charge in [0.25, 0.3) is 5.69 Å². The molecule has 2 rings (SSSR count). The van der Waals surface area contributed by atoms with Gasteiger partial charge in [-0.3, -0.25) is 10.1 Å². The van der Waals surface area contributed by atoms with Crippen LogP contribution in [-0.4, -0.2) is 23.6 Å². The van der Waals surface area contributed by atoms with Gasteiger partial charge in [-0.2, -0.15) is 0 Å². The molecule has 0 unspecified atom stereocenters. The van der Waals surface area contributed by atoms with E-state index >= 15 is 0 Å². The second-order valence-electron chi connectivity index (χ2n) is 5.31. The van der Waals surface area contributed by atoms with E-state index in [-0.39, 0.29) is 11.2 Å². The van der Waals surface area contributed by atoms with Crippen LogP contribution in [-0.2, 0) is 0 Å². The maximum atomic E-state index is 13.5. The van der Waals surface area contributed by atoms with Crippen molar-refractivity contribution in [2.75, 3.05) is 18.4 Å². The summed E-state index contributed by atoms with van der Waals surface area (Å²) in [5.74, 6) is -0.548. The third-order valence-electron chi connectivity index (χ3n) is 3.62. The minimum absolute atomic E-state index is 0.194. The number of anilines is 1. The quantitative estimate of drug-likeness (QED) is 0.652. The Balaban J connectivity index is 2.33. The van der Waals surface area contributed by atoms with Gasteiger partial charge in [0.05, 0.1) is 11.0 Å². The molecule has 1 aromatic rings. The van der Waals surface area contributed by atoms with Gasteiger partial charge >= 0.3 is 0 Å². The molecule has 0 aliphatic carbocycles. The Bertz CT molecular complexity index is 499. The summed E-state index contributed by atoms with van der Waals surface area (Å²) in [6.07, 6.45) is 1.75. The standard InChI is InChI=1S/C13H18FN3O2/c1-9-7-11(12(17(18)19)8-10(9)14)16-13(2)3-5-15-6-4-13/h7-8,15-16H,3-6H2,1-2H3. The number of hydrogen-bond acceptors (Lipinski definition) is 4. The van der Waals surface area contributed by atoms with E-state index < -0.39 is 10.7 Å². The Morgan fingerprint density at radius 2 is 2.05 bits per heavy atom. The number of hydrogen-bond donors (Lipinski definition) is 2. The molecule has 0 bridgehead atoms. The van der Waals surface area contributed by atoms with E-state index in [2.05, 4.69) is 10.6 Å². The summed E-state index contributed by atoms with van der Waals surface area (Å²) in [7, 11) is 0. The van der Waals surface area contributed by atoms with Gasteiger partial charge in [0.2, 0.25) is 0 Å². The van der Waals surface area contributed by atoms with Crippen LogP contribution in [0.3, 0.4) is 0 Å². The van der Waals surface area contributed by atoms with Gasteiger partial charge in [-0.15, -0.1) is 0 Å². The molecule has 1 fully saturated rings. The predicted octanol–water partition coefficient (Wildman–Crippen LogP) is 2.60. The van der Waals surface area contributed by atoms with Gasteiger partial charge in [-0.25, -0.2) is 4.39 Å². The van der Waals surface area contributed by atoms with Crippen molar-refractivity contribution >= 4 is 11.4 Å². The fourth-order valence-corrected chi connectivity index (χ4v) is 2.35. The molecular formula is C13H18FN3O2. The van der Waals surface area contributed by atoms with Gasteiger partial charge in [-0.1, -0.05) is 0 Å². The van der Waals surface area contributed by atoms with Crippen molar-refractivity contribution in [1.82, 2.24) is 5.32 Å². The van der Waals surface area contributed by atoms with E-state index in [0.29, 0.717) is 11.3 Å². The molecule has 0 spiro atoms. The monoisotopic (exact) mass is 267 g/mol. The topological polar surface area (TPSA) is 67.2 Å². The Morgan fingerprint density at radius 3 is 2.63 bits per heavy atom. The summed E-state index contributed by atoms with van der Waals surface area (Å²) in [5, 5.41) is 17.5. The average molecular weight is 267 g/mol. The highest BCUT2D eigenvalue weighted by Gasteiger charge is 2.29. The van der Waals surface area contributed by atoms with E-state index in [1.165, 1.54) is 6.07 Å². The predicted molar refractivity (Wildman–Crippen MR) is 71.9 cm³/mol. The molecule has 1 aliphatic rings. The molecule has 1 aliphatic heterocycles. The van der Waals surface area contributed by atoms with Crippen LogP contribution >= 0.6 is 0 Å². The van der Waals surface area contributed by atoms with Crippen LogP contribution in [0.4, 0.5) is 15.8 Å². The number of rotatable bonds is 3. The molecule has 1 saturated heterocycles. The SMILES string of the molecule is Cc1cc(NC2(C)CCNCC2)c([N+](=O)[O-])cc1F. The average Bonchev–Trinajstić information content (AvgIpc) is 2.33. The van der Waals surface area contributed by atoms with Crippen LogP contribution in [0.5, 0.6) is 0 Å². The van der Waals surface area contributed by atoms with Gasteiger partial charge in [-0.05, 0) is 51.4 Å². The van der Waals surface area contributed by atoms with Crippen LogP contribution in [0, 0.1) is 22.9 Å². The fourth-order valence-electron chi connectivity index (χ4n) is 2.35. The maximum absolute atomic E-state index is 13.5. The number of nitro benzene ring substituents is 1. The summed E-state index contributed by atoms with van der Waals surface area (Å²) < 4.78 is 13.5. The number of nitrogens with zero attached hydrogens (tertiary/aromatic N) is 1. The van der Waals surface area contributed by atoms with E-state index in [9.17, 15) is 14.5 Å². The number of piperidine rings is 1. The smallest absolute Gasteiger partial charge is 0.295 e. The van der Waals surface area contributed by atoms with Crippen LogP contribution < -0.4 is 10.6 Å². The number of nitrogens with one attached hydrogen (secondary N) is 2.